The zero-order valence-corrected chi connectivity index (χ0v) is 18.2. The number of fused-ring (bicyclic) bond motifs is 1. The van der Waals surface area contributed by atoms with E-state index in [0.717, 1.165) is 15.6 Å². The zero-order valence-electron chi connectivity index (χ0n) is 15.8. The molecule has 1 amide bonds. The summed E-state index contributed by atoms with van der Waals surface area (Å²) in [4.78, 5) is 15.6. The van der Waals surface area contributed by atoms with Crippen LogP contribution >= 0.6 is 22.9 Å². The number of amides is 1. The molecule has 0 radical (unpaired) electrons. The maximum absolute atomic E-state index is 13.5. The van der Waals surface area contributed by atoms with Gasteiger partial charge in [0.1, 0.15) is 10.6 Å². The SMILES string of the molecule is COc1cccc(CN(C(=O)c2sc3ccccc3c2Cl)C2CCS(=O)(=O)C2)c1. The molecule has 2 heterocycles. The van der Waals surface area contributed by atoms with Crippen molar-refractivity contribution in [1.82, 2.24) is 4.90 Å². The summed E-state index contributed by atoms with van der Waals surface area (Å²) < 4.78 is 30.4. The van der Waals surface area contributed by atoms with Crippen LogP contribution in [0.1, 0.15) is 21.7 Å². The monoisotopic (exact) mass is 449 g/mol. The van der Waals surface area contributed by atoms with Gasteiger partial charge in [0.15, 0.2) is 9.84 Å². The molecule has 1 aliphatic rings. The number of halogens is 1. The number of hydrogen-bond donors (Lipinski definition) is 0. The molecule has 1 aromatic heterocycles. The molecule has 0 bridgehead atoms. The van der Waals surface area contributed by atoms with Gasteiger partial charge in [-0.15, -0.1) is 11.3 Å². The van der Waals surface area contributed by atoms with Crippen LogP contribution in [-0.2, 0) is 16.4 Å². The number of benzene rings is 2. The highest BCUT2D eigenvalue weighted by atomic mass is 35.5. The van der Waals surface area contributed by atoms with Crippen LogP contribution in [0, 0.1) is 0 Å². The second-order valence-electron chi connectivity index (χ2n) is 7.08. The minimum absolute atomic E-state index is 0.0226. The van der Waals surface area contributed by atoms with Crippen molar-refractivity contribution in [3.63, 3.8) is 0 Å². The Hall–Kier alpha value is -2.09. The molecule has 1 fully saturated rings. The van der Waals surface area contributed by atoms with Gasteiger partial charge in [-0.25, -0.2) is 8.42 Å². The minimum atomic E-state index is -3.14. The van der Waals surface area contributed by atoms with Gasteiger partial charge in [0.25, 0.3) is 5.91 Å². The summed E-state index contributed by atoms with van der Waals surface area (Å²) in [6.07, 6.45) is 0.431. The minimum Gasteiger partial charge on any atom is -0.497 e. The molecule has 0 saturated carbocycles. The third-order valence-corrected chi connectivity index (χ3v) is 8.54. The van der Waals surface area contributed by atoms with Crippen molar-refractivity contribution in [3.05, 3.63) is 64.0 Å². The first-order valence-electron chi connectivity index (χ1n) is 9.19. The molecule has 5 nitrogen and oxygen atoms in total. The molecule has 1 unspecified atom stereocenters. The first kappa shape index (κ1) is 20.2. The first-order valence-corrected chi connectivity index (χ1v) is 12.2. The van der Waals surface area contributed by atoms with Gasteiger partial charge >= 0.3 is 0 Å². The van der Waals surface area contributed by atoms with Crippen LogP contribution in [0.15, 0.2) is 48.5 Å². The Kier molecular flexibility index (Phi) is 5.55. The summed E-state index contributed by atoms with van der Waals surface area (Å²) in [5.41, 5.74) is 0.874. The van der Waals surface area contributed by atoms with Crippen LogP contribution in [-0.4, -0.2) is 43.9 Å². The Labute approximate surface area is 178 Å². The van der Waals surface area contributed by atoms with E-state index in [1.165, 1.54) is 11.3 Å². The van der Waals surface area contributed by atoms with Gasteiger partial charge in [-0.3, -0.25) is 4.79 Å². The number of rotatable bonds is 5. The molecule has 3 aromatic rings. The fourth-order valence-corrected chi connectivity index (χ4v) is 6.84. The van der Waals surface area contributed by atoms with Gasteiger partial charge in [0.2, 0.25) is 0 Å². The first-order chi connectivity index (χ1) is 13.9. The van der Waals surface area contributed by atoms with E-state index >= 15 is 0 Å². The highest BCUT2D eigenvalue weighted by Gasteiger charge is 2.36. The van der Waals surface area contributed by atoms with Gasteiger partial charge in [-0.05, 0) is 30.2 Å². The van der Waals surface area contributed by atoms with Crippen molar-refractivity contribution in [3.8, 4) is 5.75 Å². The van der Waals surface area contributed by atoms with Gasteiger partial charge in [0.05, 0.1) is 23.6 Å². The lowest BCUT2D eigenvalue weighted by Crippen LogP contribution is -2.40. The molecular formula is C21H20ClNO4S2. The Balaban J connectivity index is 1.72. The van der Waals surface area contributed by atoms with Crippen LogP contribution < -0.4 is 4.74 Å². The Morgan fingerprint density at radius 2 is 2.03 bits per heavy atom. The van der Waals surface area contributed by atoms with Crippen molar-refractivity contribution in [2.75, 3.05) is 18.6 Å². The number of hydrogen-bond acceptors (Lipinski definition) is 5. The smallest absolute Gasteiger partial charge is 0.266 e. The molecule has 0 aliphatic carbocycles. The molecule has 0 N–H and O–H groups in total. The third-order valence-electron chi connectivity index (χ3n) is 5.13. The number of thiophene rings is 1. The third kappa shape index (κ3) is 4.13. The van der Waals surface area contributed by atoms with E-state index in [-0.39, 0.29) is 23.5 Å². The molecule has 152 valence electrons. The summed E-state index contributed by atoms with van der Waals surface area (Å²) in [7, 11) is -1.56. The maximum atomic E-state index is 13.5. The molecule has 1 atom stereocenters. The lowest BCUT2D eigenvalue weighted by molar-refractivity contribution is 0.0686. The standard InChI is InChI=1S/C21H20ClNO4S2/c1-27-16-6-4-5-14(11-16)12-23(15-9-10-29(25,26)13-15)21(24)20-19(22)17-7-2-3-8-18(17)28-20/h2-8,11,15H,9-10,12-13H2,1H3. The molecule has 8 heteroatoms. The van der Waals surface area contributed by atoms with Gasteiger partial charge in [-0.2, -0.15) is 0 Å². The second-order valence-corrected chi connectivity index (χ2v) is 10.7. The zero-order chi connectivity index (χ0) is 20.6. The summed E-state index contributed by atoms with van der Waals surface area (Å²) in [6.45, 7) is 0.292. The molecule has 1 saturated heterocycles. The van der Waals surface area contributed by atoms with E-state index in [1.54, 1.807) is 12.0 Å². The predicted octanol–water partition coefficient (Wildman–Crippen LogP) is 4.39. The normalized spacial score (nSPS) is 18.1. The molecule has 29 heavy (non-hydrogen) atoms. The van der Waals surface area contributed by atoms with Crippen molar-refractivity contribution in [2.24, 2.45) is 0 Å². The van der Waals surface area contributed by atoms with Gasteiger partial charge in [-0.1, -0.05) is 41.9 Å². The number of sulfone groups is 1. The van der Waals surface area contributed by atoms with E-state index in [2.05, 4.69) is 0 Å². The highest BCUT2D eigenvalue weighted by Crippen LogP contribution is 2.37. The van der Waals surface area contributed by atoms with E-state index in [0.29, 0.717) is 28.6 Å². The molecule has 0 spiro atoms. The van der Waals surface area contributed by atoms with Crippen LogP contribution in [0.3, 0.4) is 0 Å². The second kappa shape index (κ2) is 7.97. The van der Waals surface area contributed by atoms with E-state index < -0.39 is 9.84 Å². The van der Waals surface area contributed by atoms with Crippen molar-refractivity contribution < 1.29 is 17.9 Å². The van der Waals surface area contributed by atoms with Crippen molar-refractivity contribution in [2.45, 2.75) is 19.0 Å². The van der Waals surface area contributed by atoms with Gasteiger partial charge in [0, 0.05) is 22.7 Å². The molecular weight excluding hydrogens is 430 g/mol. The van der Waals surface area contributed by atoms with Crippen LogP contribution in [0.4, 0.5) is 0 Å². The summed E-state index contributed by atoms with van der Waals surface area (Å²) in [5.74, 6) is 0.528. The topological polar surface area (TPSA) is 63.7 Å². The molecule has 1 aliphatic heterocycles. The van der Waals surface area contributed by atoms with Crippen LogP contribution in [0.25, 0.3) is 10.1 Å². The highest BCUT2D eigenvalue weighted by molar-refractivity contribution is 7.91. The number of ether oxygens (including phenoxy) is 1. The van der Waals surface area contributed by atoms with E-state index in [9.17, 15) is 13.2 Å². The summed E-state index contributed by atoms with van der Waals surface area (Å²) in [6, 6.07) is 14.7. The number of carbonyl (C=O) groups is 1. The van der Waals surface area contributed by atoms with Crippen molar-refractivity contribution >= 4 is 48.8 Å². The average molecular weight is 450 g/mol. The fraction of sp³-hybridized carbons (Fsp3) is 0.286. The summed E-state index contributed by atoms with van der Waals surface area (Å²) in [5, 5.41) is 1.26. The number of nitrogens with zero attached hydrogens (tertiary/aromatic N) is 1. The Morgan fingerprint density at radius 1 is 1.24 bits per heavy atom. The van der Waals surface area contributed by atoms with E-state index in [4.69, 9.17) is 16.3 Å². The Morgan fingerprint density at radius 3 is 2.72 bits per heavy atom. The van der Waals surface area contributed by atoms with Crippen LogP contribution in [0.5, 0.6) is 5.75 Å². The van der Waals surface area contributed by atoms with Crippen molar-refractivity contribution in [1.29, 1.82) is 0 Å². The summed E-state index contributed by atoms with van der Waals surface area (Å²) >= 11 is 7.87. The lowest BCUT2D eigenvalue weighted by atomic mass is 10.1. The quantitative estimate of drug-likeness (QED) is 0.579. The Bertz CT molecular complexity index is 1170. The molecule has 4 rings (SSSR count). The molecule has 2 aromatic carbocycles. The number of methoxy groups -OCH3 is 1. The number of carbonyl (C=O) groups excluding carboxylic acids is 1. The predicted molar refractivity (Wildman–Crippen MR) is 117 cm³/mol. The van der Waals surface area contributed by atoms with Gasteiger partial charge < -0.3 is 9.64 Å². The van der Waals surface area contributed by atoms with Crippen LogP contribution in [0.2, 0.25) is 5.02 Å². The largest absolute Gasteiger partial charge is 0.497 e. The maximum Gasteiger partial charge on any atom is 0.266 e. The average Bonchev–Trinajstić information content (AvgIpc) is 3.25. The van der Waals surface area contributed by atoms with E-state index in [1.807, 2.05) is 48.5 Å². The fourth-order valence-electron chi connectivity index (χ4n) is 3.64. The lowest BCUT2D eigenvalue weighted by Gasteiger charge is -2.28.